The second-order valence-electron chi connectivity index (χ2n) is 3.93. The minimum atomic E-state index is -4.21. The Labute approximate surface area is 112 Å². The third-order valence-corrected chi connectivity index (χ3v) is 4.87. The summed E-state index contributed by atoms with van der Waals surface area (Å²) >= 11 is 0. The van der Waals surface area contributed by atoms with Gasteiger partial charge < -0.3 is 9.05 Å². The molecule has 0 amide bonds. The first-order valence-corrected chi connectivity index (χ1v) is 7.54. The van der Waals surface area contributed by atoms with Crippen molar-refractivity contribution in [3.63, 3.8) is 0 Å². The highest BCUT2D eigenvalue weighted by molar-refractivity contribution is 7.55. The van der Waals surface area contributed by atoms with Gasteiger partial charge in [-0.25, -0.2) is 4.39 Å². The molecule has 0 bridgehead atoms. The average molecular weight is 285 g/mol. The van der Waals surface area contributed by atoms with Gasteiger partial charge >= 0.3 is 13.0 Å². The van der Waals surface area contributed by atoms with E-state index < -0.39 is 13.0 Å². The topological polar surface area (TPSA) is 59.3 Å². The quantitative estimate of drug-likeness (QED) is 0.743. The van der Waals surface area contributed by atoms with Gasteiger partial charge in [0, 0.05) is 5.56 Å². The van der Waals surface area contributed by atoms with Crippen LogP contribution in [0.15, 0.2) is 24.3 Å². The third kappa shape index (κ3) is 3.03. The maximum absolute atomic E-state index is 14.9. The van der Waals surface area contributed by atoms with Crippen molar-refractivity contribution in [2.24, 2.45) is 0 Å². The van der Waals surface area contributed by atoms with Gasteiger partial charge in [-0.1, -0.05) is 29.8 Å². The van der Waals surface area contributed by atoms with Crippen molar-refractivity contribution in [2.45, 2.75) is 26.2 Å². The monoisotopic (exact) mass is 285 g/mol. The minimum absolute atomic E-state index is 0.00348. The third-order valence-electron chi connectivity index (χ3n) is 2.56. The fourth-order valence-electron chi connectivity index (χ4n) is 1.61. The van der Waals surface area contributed by atoms with Crippen LogP contribution in [0.5, 0.6) is 0 Å². The van der Waals surface area contributed by atoms with Crippen molar-refractivity contribution in [1.82, 2.24) is 0 Å². The molecule has 1 aromatic carbocycles. The number of nitriles is 1. The molecule has 1 aromatic rings. The van der Waals surface area contributed by atoms with Gasteiger partial charge in [-0.3, -0.25) is 4.57 Å². The average Bonchev–Trinajstić information content (AvgIpc) is 2.39. The first-order chi connectivity index (χ1) is 8.93. The van der Waals surface area contributed by atoms with E-state index in [1.807, 2.05) is 6.92 Å². The van der Waals surface area contributed by atoms with Crippen LogP contribution in [-0.4, -0.2) is 13.2 Å². The lowest BCUT2D eigenvalue weighted by Crippen LogP contribution is -2.21. The van der Waals surface area contributed by atoms with Crippen molar-refractivity contribution >= 4 is 7.60 Å². The Balaban J connectivity index is 3.32. The van der Waals surface area contributed by atoms with E-state index in [0.29, 0.717) is 0 Å². The zero-order valence-corrected chi connectivity index (χ0v) is 12.1. The molecule has 0 aliphatic rings. The van der Waals surface area contributed by atoms with Crippen LogP contribution in [0.25, 0.3) is 0 Å². The zero-order valence-electron chi connectivity index (χ0n) is 11.2. The van der Waals surface area contributed by atoms with Crippen molar-refractivity contribution < 1.29 is 18.0 Å². The maximum Gasteiger partial charge on any atom is 0.386 e. The number of benzene rings is 1. The number of rotatable bonds is 6. The Morgan fingerprint density at radius 3 is 2.11 bits per heavy atom. The number of hydrogen-bond acceptors (Lipinski definition) is 4. The fourth-order valence-corrected chi connectivity index (χ4v) is 3.31. The molecule has 6 heteroatoms. The first-order valence-electron chi connectivity index (χ1n) is 6.00. The van der Waals surface area contributed by atoms with Crippen molar-refractivity contribution in [1.29, 1.82) is 5.26 Å². The van der Waals surface area contributed by atoms with Gasteiger partial charge in [0.25, 0.3) is 0 Å². The molecule has 0 saturated carbocycles. The number of aryl methyl sites for hydroxylation is 1. The summed E-state index contributed by atoms with van der Waals surface area (Å²) in [5.41, 5.74) is 0.887. The molecule has 0 fully saturated rings. The van der Waals surface area contributed by atoms with Gasteiger partial charge in [0.2, 0.25) is 0 Å². The lowest BCUT2D eigenvalue weighted by atomic mass is 10.1. The Hall–Kier alpha value is -1.21. The Morgan fingerprint density at radius 1 is 1.26 bits per heavy atom. The van der Waals surface area contributed by atoms with Crippen LogP contribution in [-0.2, 0) is 19.0 Å². The molecule has 1 unspecified atom stereocenters. The summed E-state index contributed by atoms with van der Waals surface area (Å²) in [4.78, 5) is 0. The van der Waals surface area contributed by atoms with E-state index >= 15 is 0 Å². The highest BCUT2D eigenvalue weighted by Crippen LogP contribution is 2.65. The predicted molar refractivity (Wildman–Crippen MR) is 70.4 cm³/mol. The second-order valence-corrected chi connectivity index (χ2v) is 6.06. The van der Waals surface area contributed by atoms with E-state index in [1.54, 1.807) is 26.0 Å². The Kier molecular flexibility index (Phi) is 5.25. The molecule has 0 radical (unpaired) electrons. The van der Waals surface area contributed by atoms with E-state index in [9.17, 15) is 8.96 Å². The molecule has 4 nitrogen and oxygen atoms in total. The molecule has 0 heterocycles. The lowest BCUT2D eigenvalue weighted by molar-refractivity contribution is 0.168. The molecule has 1 rings (SSSR count). The smallest absolute Gasteiger partial charge is 0.306 e. The molecular weight excluding hydrogens is 268 g/mol. The van der Waals surface area contributed by atoms with E-state index in [4.69, 9.17) is 14.3 Å². The molecular formula is C13H17FNO3P. The standard InChI is InChI=1S/C13H17FNO3P/c1-4-17-19(16,18-5-2)13(14,10-15)12-8-6-11(3)7-9-12/h6-9H,4-5H2,1-3H3. The van der Waals surface area contributed by atoms with Crippen LogP contribution >= 0.6 is 7.60 Å². The van der Waals surface area contributed by atoms with Crippen molar-refractivity contribution in [2.75, 3.05) is 13.2 Å². The molecule has 0 saturated heterocycles. The Morgan fingerprint density at radius 2 is 1.74 bits per heavy atom. The molecule has 0 aromatic heterocycles. The van der Waals surface area contributed by atoms with E-state index in [2.05, 4.69) is 0 Å². The summed E-state index contributed by atoms with van der Waals surface area (Å²) in [5.74, 6) is 0. The summed E-state index contributed by atoms with van der Waals surface area (Å²) in [5, 5.41) is 6.34. The summed E-state index contributed by atoms with van der Waals surface area (Å²) in [6.07, 6.45) is 0. The normalized spacial score (nSPS) is 14.7. The summed E-state index contributed by atoms with van der Waals surface area (Å²) in [7, 11) is -4.21. The number of halogens is 1. The predicted octanol–water partition coefficient (Wildman–Crippen LogP) is 3.91. The van der Waals surface area contributed by atoms with Gasteiger partial charge in [-0.2, -0.15) is 5.26 Å². The highest BCUT2D eigenvalue weighted by Gasteiger charge is 2.54. The lowest BCUT2D eigenvalue weighted by Gasteiger charge is -2.27. The molecule has 0 N–H and O–H groups in total. The van der Waals surface area contributed by atoms with Gasteiger partial charge in [0.05, 0.1) is 13.2 Å². The first kappa shape index (κ1) is 15.8. The SMILES string of the molecule is CCOP(=O)(OCC)C(F)(C#N)c1ccc(C)cc1. The van der Waals surface area contributed by atoms with Gasteiger partial charge in [-0.15, -0.1) is 0 Å². The summed E-state index contributed by atoms with van der Waals surface area (Å²) in [6.45, 7) is 4.96. The second kappa shape index (κ2) is 6.29. The summed E-state index contributed by atoms with van der Waals surface area (Å²) in [6, 6.07) is 7.57. The van der Waals surface area contributed by atoms with Crippen LogP contribution in [0.3, 0.4) is 0 Å². The van der Waals surface area contributed by atoms with Crippen LogP contribution in [0.4, 0.5) is 4.39 Å². The fraction of sp³-hybridized carbons (Fsp3) is 0.462. The molecule has 19 heavy (non-hydrogen) atoms. The van der Waals surface area contributed by atoms with E-state index in [-0.39, 0.29) is 18.8 Å². The molecule has 0 aliphatic heterocycles. The van der Waals surface area contributed by atoms with Crippen LogP contribution < -0.4 is 0 Å². The molecule has 0 aliphatic carbocycles. The maximum atomic E-state index is 14.9. The largest absolute Gasteiger partial charge is 0.386 e. The number of alkyl halides is 1. The van der Waals surface area contributed by atoms with Crippen molar-refractivity contribution in [3.05, 3.63) is 35.4 Å². The van der Waals surface area contributed by atoms with Crippen LogP contribution in [0, 0.1) is 18.3 Å². The number of hydrogen-bond donors (Lipinski definition) is 0. The molecule has 104 valence electrons. The van der Waals surface area contributed by atoms with Gasteiger partial charge in [0.1, 0.15) is 6.07 Å². The van der Waals surface area contributed by atoms with E-state index in [0.717, 1.165) is 5.56 Å². The Bertz CT molecular complexity index is 502. The van der Waals surface area contributed by atoms with Crippen LogP contribution in [0.2, 0.25) is 0 Å². The zero-order chi connectivity index (χ0) is 14.5. The van der Waals surface area contributed by atoms with Gasteiger partial charge in [0.15, 0.2) is 0 Å². The number of nitrogens with zero attached hydrogens (tertiary/aromatic N) is 1. The molecule has 1 atom stereocenters. The highest BCUT2D eigenvalue weighted by atomic mass is 31.2. The van der Waals surface area contributed by atoms with Gasteiger partial charge in [-0.05, 0) is 20.8 Å². The van der Waals surface area contributed by atoms with E-state index in [1.165, 1.54) is 18.2 Å². The van der Waals surface area contributed by atoms with Crippen molar-refractivity contribution in [3.8, 4) is 6.07 Å². The summed E-state index contributed by atoms with van der Waals surface area (Å²) < 4.78 is 37.3. The minimum Gasteiger partial charge on any atom is -0.306 e. The molecule has 0 spiro atoms. The van der Waals surface area contributed by atoms with Crippen LogP contribution in [0.1, 0.15) is 25.0 Å².